The van der Waals surface area contributed by atoms with Crippen molar-refractivity contribution in [2.24, 2.45) is 0 Å². The van der Waals surface area contributed by atoms with E-state index >= 15 is 0 Å². The van der Waals surface area contributed by atoms with Gasteiger partial charge in [0.25, 0.3) is 11.8 Å². The number of ether oxygens (including phenoxy) is 2. The first-order chi connectivity index (χ1) is 13.0. The molecule has 3 rings (SSSR count). The zero-order chi connectivity index (χ0) is 19.4. The van der Waals surface area contributed by atoms with E-state index in [0.29, 0.717) is 29.3 Å². The molecule has 142 valence electrons. The summed E-state index contributed by atoms with van der Waals surface area (Å²) in [6.07, 6.45) is 1.56. The minimum absolute atomic E-state index is 0.121. The van der Waals surface area contributed by atoms with Crippen LogP contribution in [0, 0.1) is 0 Å². The second-order valence-electron chi connectivity index (χ2n) is 6.52. The lowest BCUT2D eigenvalue weighted by Gasteiger charge is -2.30. The van der Waals surface area contributed by atoms with Crippen LogP contribution in [0.2, 0.25) is 0 Å². The largest absolute Gasteiger partial charge is 0.494 e. The zero-order valence-corrected chi connectivity index (χ0v) is 15.8. The Hall–Kier alpha value is -3.02. The third-order valence-electron chi connectivity index (χ3n) is 4.44. The molecule has 0 fully saturated rings. The van der Waals surface area contributed by atoms with E-state index in [2.05, 4.69) is 12.2 Å². The van der Waals surface area contributed by atoms with Gasteiger partial charge in [-0.15, -0.1) is 0 Å². The Kier molecular flexibility index (Phi) is 5.64. The summed E-state index contributed by atoms with van der Waals surface area (Å²) in [5, 5.41) is 2.85. The van der Waals surface area contributed by atoms with Crippen molar-refractivity contribution in [2.75, 3.05) is 23.9 Å². The van der Waals surface area contributed by atoms with E-state index in [1.54, 1.807) is 61.3 Å². The van der Waals surface area contributed by atoms with Gasteiger partial charge in [0.2, 0.25) is 0 Å². The standard InChI is InChI=1S/C21H24N2O4/c1-4-5-12-26-17-9-6-15(7-10-17)20(24)22-16-8-11-19-18(13-16)23(3)21(25)14(2)27-19/h6-11,13-14H,4-5,12H2,1-3H3,(H,22,24)/t14-/m0/s1. The first-order valence-electron chi connectivity index (χ1n) is 9.12. The first-order valence-corrected chi connectivity index (χ1v) is 9.12. The summed E-state index contributed by atoms with van der Waals surface area (Å²) in [5.74, 6) is 1.02. The van der Waals surface area contributed by atoms with Crippen LogP contribution in [0.25, 0.3) is 0 Å². The Morgan fingerprint density at radius 2 is 1.96 bits per heavy atom. The number of likely N-dealkylation sites (N-methyl/N-ethyl adjacent to an activating group) is 1. The van der Waals surface area contributed by atoms with Crippen LogP contribution in [-0.4, -0.2) is 31.6 Å². The van der Waals surface area contributed by atoms with Crippen LogP contribution in [0.3, 0.4) is 0 Å². The number of hydrogen-bond acceptors (Lipinski definition) is 4. The average molecular weight is 368 g/mol. The fourth-order valence-electron chi connectivity index (χ4n) is 2.83. The first kappa shape index (κ1) is 18.8. The smallest absolute Gasteiger partial charge is 0.267 e. The molecule has 0 aliphatic carbocycles. The summed E-state index contributed by atoms with van der Waals surface area (Å²) in [6, 6.07) is 12.3. The lowest BCUT2D eigenvalue weighted by atomic mass is 10.1. The van der Waals surface area contributed by atoms with Gasteiger partial charge in [-0.05, 0) is 55.8 Å². The average Bonchev–Trinajstić information content (AvgIpc) is 2.67. The maximum Gasteiger partial charge on any atom is 0.267 e. The van der Waals surface area contributed by atoms with Gasteiger partial charge >= 0.3 is 0 Å². The van der Waals surface area contributed by atoms with Gasteiger partial charge in [0.15, 0.2) is 6.10 Å². The Labute approximate surface area is 159 Å². The molecule has 0 unspecified atom stereocenters. The highest BCUT2D eigenvalue weighted by molar-refractivity contribution is 6.05. The fourth-order valence-corrected chi connectivity index (χ4v) is 2.83. The summed E-state index contributed by atoms with van der Waals surface area (Å²) in [4.78, 5) is 26.1. The number of amides is 2. The molecule has 2 aromatic rings. The van der Waals surface area contributed by atoms with E-state index in [1.807, 2.05) is 0 Å². The summed E-state index contributed by atoms with van der Waals surface area (Å²) in [6.45, 7) is 4.50. The van der Waals surface area contributed by atoms with Crippen molar-refractivity contribution in [1.29, 1.82) is 0 Å². The number of hydrogen-bond donors (Lipinski definition) is 1. The molecule has 0 saturated heterocycles. The molecule has 27 heavy (non-hydrogen) atoms. The Balaban J connectivity index is 1.69. The van der Waals surface area contributed by atoms with Crippen LogP contribution in [0.5, 0.6) is 11.5 Å². The SMILES string of the molecule is CCCCOc1ccc(C(=O)Nc2ccc3c(c2)N(C)C(=O)[C@H](C)O3)cc1. The number of anilines is 2. The molecule has 1 aliphatic heterocycles. The second kappa shape index (κ2) is 8.12. The van der Waals surface area contributed by atoms with Gasteiger partial charge in [0, 0.05) is 18.3 Å². The quantitative estimate of drug-likeness (QED) is 0.786. The molecule has 0 aromatic heterocycles. The molecule has 6 nitrogen and oxygen atoms in total. The Bertz CT molecular complexity index is 833. The maximum absolute atomic E-state index is 12.5. The minimum Gasteiger partial charge on any atom is -0.494 e. The summed E-state index contributed by atoms with van der Waals surface area (Å²) in [5.41, 5.74) is 1.76. The van der Waals surface area contributed by atoms with Crippen LogP contribution in [-0.2, 0) is 4.79 Å². The van der Waals surface area contributed by atoms with Crippen LogP contribution in [0.15, 0.2) is 42.5 Å². The van der Waals surface area contributed by atoms with Crippen molar-refractivity contribution in [3.05, 3.63) is 48.0 Å². The molecule has 2 aromatic carbocycles. The highest BCUT2D eigenvalue weighted by Gasteiger charge is 2.29. The number of nitrogens with one attached hydrogen (secondary N) is 1. The summed E-state index contributed by atoms with van der Waals surface area (Å²) < 4.78 is 11.2. The van der Waals surface area contributed by atoms with Crippen molar-refractivity contribution in [1.82, 2.24) is 0 Å². The minimum atomic E-state index is -0.513. The van der Waals surface area contributed by atoms with E-state index in [9.17, 15) is 9.59 Å². The number of unbranched alkanes of at least 4 members (excludes halogenated alkanes) is 1. The topological polar surface area (TPSA) is 67.9 Å². The number of carbonyl (C=O) groups excluding carboxylic acids is 2. The molecular formula is C21H24N2O4. The third kappa shape index (κ3) is 4.22. The van der Waals surface area contributed by atoms with Gasteiger partial charge in [-0.3, -0.25) is 9.59 Å². The summed E-state index contributed by atoms with van der Waals surface area (Å²) in [7, 11) is 1.70. The number of rotatable bonds is 6. The molecule has 6 heteroatoms. The van der Waals surface area contributed by atoms with Crippen molar-refractivity contribution in [3.63, 3.8) is 0 Å². The van der Waals surface area contributed by atoms with E-state index < -0.39 is 6.10 Å². The third-order valence-corrected chi connectivity index (χ3v) is 4.44. The molecule has 1 aliphatic rings. The van der Waals surface area contributed by atoms with Crippen LogP contribution >= 0.6 is 0 Å². The lowest BCUT2D eigenvalue weighted by Crippen LogP contribution is -2.41. The van der Waals surface area contributed by atoms with E-state index in [4.69, 9.17) is 9.47 Å². The molecule has 0 bridgehead atoms. The molecule has 0 saturated carbocycles. The van der Waals surface area contributed by atoms with Crippen molar-refractivity contribution < 1.29 is 19.1 Å². The Morgan fingerprint density at radius 1 is 1.22 bits per heavy atom. The van der Waals surface area contributed by atoms with Crippen molar-refractivity contribution in [3.8, 4) is 11.5 Å². The predicted molar refractivity (Wildman–Crippen MR) is 105 cm³/mol. The molecular weight excluding hydrogens is 344 g/mol. The molecule has 1 heterocycles. The molecule has 1 N–H and O–H groups in total. The van der Waals surface area contributed by atoms with Crippen LogP contribution in [0.1, 0.15) is 37.0 Å². The molecule has 0 radical (unpaired) electrons. The van der Waals surface area contributed by atoms with Crippen molar-refractivity contribution in [2.45, 2.75) is 32.8 Å². The van der Waals surface area contributed by atoms with Gasteiger partial charge in [-0.2, -0.15) is 0 Å². The van der Waals surface area contributed by atoms with E-state index in [0.717, 1.165) is 18.6 Å². The van der Waals surface area contributed by atoms with Gasteiger partial charge in [-0.1, -0.05) is 13.3 Å². The monoisotopic (exact) mass is 368 g/mol. The predicted octanol–water partition coefficient (Wildman–Crippen LogP) is 3.86. The maximum atomic E-state index is 12.5. The number of fused-ring (bicyclic) bond motifs is 1. The zero-order valence-electron chi connectivity index (χ0n) is 15.8. The normalized spacial score (nSPS) is 15.7. The van der Waals surface area contributed by atoms with E-state index in [1.165, 1.54) is 0 Å². The number of nitrogens with zero attached hydrogens (tertiary/aromatic N) is 1. The highest BCUT2D eigenvalue weighted by atomic mass is 16.5. The molecule has 1 atom stereocenters. The van der Waals surface area contributed by atoms with E-state index in [-0.39, 0.29) is 11.8 Å². The number of carbonyl (C=O) groups is 2. The van der Waals surface area contributed by atoms with Gasteiger partial charge in [-0.25, -0.2) is 0 Å². The molecule has 2 amide bonds. The van der Waals surface area contributed by atoms with Crippen molar-refractivity contribution >= 4 is 23.2 Å². The summed E-state index contributed by atoms with van der Waals surface area (Å²) >= 11 is 0. The number of benzene rings is 2. The second-order valence-corrected chi connectivity index (χ2v) is 6.52. The van der Waals surface area contributed by atoms with Crippen LogP contribution in [0.4, 0.5) is 11.4 Å². The van der Waals surface area contributed by atoms with Gasteiger partial charge in [0.05, 0.1) is 12.3 Å². The lowest BCUT2D eigenvalue weighted by molar-refractivity contribution is -0.125. The highest BCUT2D eigenvalue weighted by Crippen LogP contribution is 2.35. The molecule has 0 spiro atoms. The fraction of sp³-hybridized carbons (Fsp3) is 0.333. The Morgan fingerprint density at radius 3 is 2.67 bits per heavy atom. The van der Waals surface area contributed by atoms with Crippen LogP contribution < -0.4 is 19.7 Å². The van der Waals surface area contributed by atoms with Gasteiger partial charge < -0.3 is 19.7 Å². The van der Waals surface area contributed by atoms with Gasteiger partial charge in [0.1, 0.15) is 11.5 Å².